The molecule has 5 heterocycles. The number of hydrogen-bond donors (Lipinski definition) is 6. The van der Waals surface area contributed by atoms with Crippen molar-refractivity contribution in [2.45, 2.75) is 0 Å². The SMILES string of the molecule is Oc1ccc(Cl)c(C2=c3ccc([nH]3)=Cc3ccc([nH]3)C(c3cc(O)ccc3Cl)=c3ccc([nH]3)=Cc3ccc2[nH]3)c1. The summed E-state index contributed by atoms with van der Waals surface area (Å²) >= 11 is 13.3. The Hall–Kier alpha value is -4.78. The van der Waals surface area contributed by atoms with Gasteiger partial charge in [0.1, 0.15) is 11.5 Å². The summed E-state index contributed by atoms with van der Waals surface area (Å²) in [6.07, 6.45) is 4.02. The number of phenols is 2. The predicted molar refractivity (Wildman–Crippen MR) is 158 cm³/mol. The molecule has 0 spiro atoms. The Morgan fingerprint density at radius 1 is 0.475 bits per heavy atom. The number of fused-ring (bicyclic) bond motifs is 8. The van der Waals surface area contributed by atoms with Gasteiger partial charge in [-0.1, -0.05) is 23.2 Å². The Bertz CT molecular complexity index is 2020. The van der Waals surface area contributed by atoms with Gasteiger partial charge in [-0.05, 0) is 97.1 Å². The molecule has 4 aromatic heterocycles. The zero-order valence-corrected chi connectivity index (χ0v) is 22.4. The first-order valence-corrected chi connectivity index (χ1v) is 13.4. The van der Waals surface area contributed by atoms with Crippen molar-refractivity contribution in [1.29, 1.82) is 0 Å². The van der Waals surface area contributed by atoms with E-state index in [1.807, 2.05) is 60.7 Å². The molecule has 6 aromatic rings. The lowest BCUT2D eigenvalue weighted by atomic mass is 10.0. The Morgan fingerprint density at radius 3 is 1.38 bits per heavy atom. The van der Waals surface area contributed by atoms with Crippen LogP contribution in [0.1, 0.15) is 33.9 Å². The maximum absolute atomic E-state index is 10.3. The van der Waals surface area contributed by atoms with Crippen LogP contribution in [-0.2, 0) is 0 Å². The highest BCUT2D eigenvalue weighted by atomic mass is 35.5. The summed E-state index contributed by atoms with van der Waals surface area (Å²) in [6.45, 7) is 0. The minimum absolute atomic E-state index is 0.132. The van der Waals surface area contributed by atoms with Gasteiger partial charge in [0.2, 0.25) is 0 Å². The summed E-state index contributed by atoms with van der Waals surface area (Å²) in [5.41, 5.74) is 6.51. The second-order valence-corrected chi connectivity index (χ2v) is 10.5. The summed E-state index contributed by atoms with van der Waals surface area (Å²) in [4.78, 5) is 14.0. The van der Waals surface area contributed by atoms with Crippen molar-refractivity contribution in [3.8, 4) is 11.5 Å². The number of aromatic nitrogens is 4. The highest BCUT2D eigenvalue weighted by Crippen LogP contribution is 2.31. The summed E-state index contributed by atoms with van der Waals surface area (Å²) in [5.74, 6) is 0.264. The van der Waals surface area contributed by atoms with Crippen molar-refractivity contribution in [2.75, 3.05) is 0 Å². The summed E-state index contributed by atoms with van der Waals surface area (Å²) in [7, 11) is 0. The van der Waals surface area contributed by atoms with Gasteiger partial charge < -0.3 is 30.1 Å². The van der Waals surface area contributed by atoms with E-state index in [2.05, 4.69) is 19.9 Å². The summed E-state index contributed by atoms with van der Waals surface area (Å²) in [5, 5.41) is 25.0. The number of rotatable bonds is 2. The number of benzene rings is 2. The Labute approximate surface area is 237 Å². The summed E-state index contributed by atoms with van der Waals surface area (Å²) in [6, 6.07) is 25.8. The van der Waals surface area contributed by atoms with Crippen LogP contribution in [0.3, 0.4) is 0 Å². The molecule has 0 saturated heterocycles. The zero-order chi connectivity index (χ0) is 27.4. The molecule has 1 aliphatic rings. The van der Waals surface area contributed by atoms with Crippen LogP contribution < -0.4 is 21.4 Å². The number of H-pyrrole nitrogens is 4. The van der Waals surface area contributed by atoms with Gasteiger partial charge in [0, 0.05) is 76.5 Å². The topological polar surface area (TPSA) is 104 Å². The maximum atomic E-state index is 10.3. The van der Waals surface area contributed by atoms with E-state index >= 15 is 0 Å². The van der Waals surface area contributed by atoms with E-state index in [9.17, 15) is 10.2 Å². The lowest BCUT2D eigenvalue weighted by molar-refractivity contribution is 0.474. The van der Waals surface area contributed by atoms with E-state index in [1.165, 1.54) is 0 Å². The van der Waals surface area contributed by atoms with Crippen LogP contribution in [0.2, 0.25) is 10.0 Å². The molecule has 2 aromatic carbocycles. The fourth-order valence-electron chi connectivity index (χ4n) is 5.18. The molecule has 6 N–H and O–H groups in total. The van der Waals surface area contributed by atoms with E-state index in [1.54, 1.807) is 36.4 Å². The molecule has 1 aliphatic heterocycles. The van der Waals surface area contributed by atoms with Gasteiger partial charge in [-0.15, -0.1) is 0 Å². The van der Waals surface area contributed by atoms with Crippen LogP contribution in [0.4, 0.5) is 0 Å². The lowest BCUT2D eigenvalue weighted by Gasteiger charge is -2.09. The molecule has 8 bridgehead atoms. The number of hydrogen-bond acceptors (Lipinski definition) is 2. The molecular formula is C32H22Cl2N4O2. The first kappa shape index (κ1) is 24.3. The molecule has 7 rings (SSSR count). The average molecular weight is 565 g/mol. The highest BCUT2D eigenvalue weighted by molar-refractivity contribution is 6.33. The average Bonchev–Trinajstić information content (AvgIpc) is 3.74. The van der Waals surface area contributed by atoms with Gasteiger partial charge >= 0.3 is 0 Å². The highest BCUT2D eigenvalue weighted by Gasteiger charge is 2.16. The third-order valence-corrected chi connectivity index (χ3v) is 7.63. The van der Waals surface area contributed by atoms with Crippen LogP contribution >= 0.6 is 23.2 Å². The van der Waals surface area contributed by atoms with Crippen LogP contribution in [0.15, 0.2) is 84.9 Å². The minimum Gasteiger partial charge on any atom is -0.508 e. The van der Waals surface area contributed by atoms with Gasteiger partial charge in [0.15, 0.2) is 0 Å². The predicted octanol–water partition coefficient (Wildman–Crippen LogP) is 4.18. The second-order valence-electron chi connectivity index (χ2n) is 9.68. The van der Waals surface area contributed by atoms with Gasteiger partial charge in [0.05, 0.1) is 0 Å². The van der Waals surface area contributed by atoms with Crippen molar-refractivity contribution in [3.05, 3.63) is 150 Å². The molecule has 0 amide bonds. The number of aromatic amines is 4. The van der Waals surface area contributed by atoms with E-state index in [-0.39, 0.29) is 11.5 Å². The number of nitrogens with one attached hydrogen (secondary N) is 4. The molecule has 0 atom stereocenters. The Balaban J connectivity index is 1.54. The minimum atomic E-state index is 0.132. The van der Waals surface area contributed by atoms with Crippen LogP contribution in [-0.4, -0.2) is 30.1 Å². The van der Waals surface area contributed by atoms with Crippen molar-refractivity contribution in [2.24, 2.45) is 0 Å². The standard InChI is InChI=1S/C32H22Cl2N4O2/c33-25-7-5-21(39)15-23(25)31-27-9-1-17(35-27)13-18-2-10-29(36-18)32(24-16-22(40)6-8-26(24)34)30-12-4-20(38-30)14-19-3-11-28(31)37-19/h1-16,35-40H. The first-order chi connectivity index (χ1) is 19.4. The lowest BCUT2D eigenvalue weighted by Crippen LogP contribution is -2.16. The van der Waals surface area contributed by atoms with Crippen molar-refractivity contribution in [3.63, 3.8) is 0 Å². The van der Waals surface area contributed by atoms with Crippen molar-refractivity contribution >= 4 is 46.5 Å². The molecule has 0 saturated carbocycles. The maximum Gasteiger partial charge on any atom is 0.116 e. The molecule has 0 aliphatic carbocycles. The number of phenolic OH excluding ortho intramolecular Hbond substituents is 2. The quantitative estimate of drug-likeness (QED) is 0.190. The fraction of sp³-hybridized carbons (Fsp3) is 0. The Morgan fingerprint density at radius 2 is 0.925 bits per heavy atom. The molecule has 0 fully saturated rings. The monoisotopic (exact) mass is 564 g/mol. The normalized spacial score (nSPS) is 12.8. The van der Waals surface area contributed by atoms with Crippen LogP contribution in [0, 0.1) is 0 Å². The number of halogens is 2. The molecule has 0 radical (unpaired) electrons. The largest absolute Gasteiger partial charge is 0.508 e. The van der Waals surface area contributed by atoms with Gasteiger partial charge in [-0.2, -0.15) is 0 Å². The molecule has 196 valence electrons. The van der Waals surface area contributed by atoms with Gasteiger partial charge in [-0.25, -0.2) is 0 Å². The third kappa shape index (κ3) is 4.33. The van der Waals surface area contributed by atoms with Crippen LogP contribution in [0.25, 0.3) is 23.3 Å². The first-order valence-electron chi connectivity index (χ1n) is 12.6. The zero-order valence-electron chi connectivity index (χ0n) is 20.9. The van der Waals surface area contributed by atoms with E-state index in [0.717, 1.165) is 55.3 Å². The summed E-state index contributed by atoms with van der Waals surface area (Å²) < 4.78 is 0. The van der Waals surface area contributed by atoms with Crippen molar-refractivity contribution < 1.29 is 10.2 Å². The third-order valence-electron chi connectivity index (χ3n) is 6.97. The second kappa shape index (κ2) is 9.45. The number of aromatic hydroxyl groups is 2. The smallest absolute Gasteiger partial charge is 0.116 e. The molecule has 8 heteroatoms. The van der Waals surface area contributed by atoms with E-state index < -0.39 is 0 Å². The Kier molecular flexibility index (Phi) is 5.73. The van der Waals surface area contributed by atoms with E-state index in [4.69, 9.17) is 23.2 Å². The van der Waals surface area contributed by atoms with Gasteiger partial charge in [0.25, 0.3) is 0 Å². The van der Waals surface area contributed by atoms with E-state index in [0.29, 0.717) is 21.2 Å². The molecule has 6 nitrogen and oxygen atoms in total. The molecular weight excluding hydrogens is 543 g/mol. The molecule has 40 heavy (non-hydrogen) atoms. The fourth-order valence-corrected chi connectivity index (χ4v) is 5.61. The van der Waals surface area contributed by atoms with Gasteiger partial charge in [-0.3, -0.25) is 0 Å². The molecule has 0 unspecified atom stereocenters. The van der Waals surface area contributed by atoms with Crippen molar-refractivity contribution in [1.82, 2.24) is 19.9 Å². The van der Waals surface area contributed by atoms with Crippen LogP contribution in [0.5, 0.6) is 11.5 Å².